The maximum Gasteiger partial charge on any atom is 0.335 e. The zero-order valence-electron chi connectivity index (χ0n) is 20.5. The Morgan fingerprint density at radius 2 is 1.82 bits per heavy atom. The number of benzene rings is 2. The number of aliphatic hydroxyl groups is 1. The van der Waals surface area contributed by atoms with Crippen LogP contribution in [0.4, 0.5) is 4.79 Å². The molecule has 1 aromatic heterocycles. The van der Waals surface area contributed by atoms with Crippen molar-refractivity contribution in [2.24, 2.45) is 7.05 Å². The van der Waals surface area contributed by atoms with E-state index in [1.165, 1.54) is 19.2 Å². The molecular weight excluding hydrogens is 557 g/mol. The van der Waals surface area contributed by atoms with Crippen LogP contribution in [0.5, 0.6) is 0 Å². The number of carboxylic acid groups (broad SMARTS) is 1. The Kier molecular flexibility index (Phi) is 7.94. The molecule has 1 fully saturated rings. The fourth-order valence-electron chi connectivity index (χ4n) is 4.79. The molecule has 38 heavy (non-hydrogen) atoms. The number of nitrogens with zero attached hydrogens (tertiary/aromatic N) is 2. The minimum absolute atomic E-state index is 0.0613. The van der Waals surface area contributed by atoms with Gasteiger partial charge in [-0.15, -0.1) is 0 Å². The molecule has 1 saturated heterocycles. The zero-order chi connectivity index (χ0) is 27.8. The van der Waals surface area contributed by atoms with Gasteiger partial charge < -0.3 is 20.1 Å². The predicted molar refractivity (Wildman–Crippen MR) is 143 cm³/mol. The lowest BCUT2D eigenvalue weighted by Gasteiger charge is -2.44. The quantitative estimate of drug-likeness (QED) is 0.268. The standard InChI is InChI=1S/C24H27Cl2N5O6S/c1-27-23(35)29-38(36,37)31-11-3-10-24(13-31,15-6-4-14(5-7-15)22(33)34)28-21(32)19-12-16-18(30(19)2)9-8-17(25)20(16)26/h4-9,12,21,28,32H,3,10-11,13H2,1-2H3,(H,33,34)(H2,27,29,35). The number of hydrogen-bond donors (Lipinski definition) is 5. The van der Waals surface area contributed by atoms with Gasteiger partial charge in [0.05, 0.1) is 26.8 Å². The molecular formula is C24H27Cl2N5O6S. The highest BCUT2D eigenvalue weighted by Crippen LogP contribution is 2.37. The Hall–Kier alpha value is -2.87. The first kappa shape index (κ1) is 28.1. The van der Waals surface area contributed by atoms with Gasteiger partial charge in [0.1, 0.15) is 6.23 Å². The SMILES string of the molecule is CNC(=O)NS(=O)(=O)N1CCCC(NC(O)c2cc3c(Cl)c(Cl)ccc3n2C)(c2ccc(C(=O)O)cc2)C1. The molecule has 0 radical (unpaired) electrons. The van der Waals surface area contributed by atoms with E-state index in [9.17, 15) is 28.2 Å². The van der Waals surface area contributed by atoms with Crippen molar-refractivity contribution in [2.75, 3.05) is 20.1 Å². The molecule has 4 rings (SSSR count). The summed E-state index contributed by atoms with van der Waals surface area (Å²) >= 11 is 12.6. The first-order valence-corrected chi connectivity index (χ1v) is 13.8. The van der Waals surface area contributed by atoms with Crippen molar-refractivity contribution in [3.8, 4) is 0 Å². The van der Waals surface area contributed by atoms with Crippen LogP contribution in [0.2, 0.25) is 10.0 Å². The normalized spacial score (nSPS) is 19.3. The highest BCUT2D eigenvalue weighted by atomic mass is 35.5. The molecule has 204 valence electrons. The molecule has 2 amide bonds. The topological polar surface area (TPSA) is 153 Å². The number of nitrogens with one attached hydrogen (secondary N) is 3. The third-order valence-corrected chi connectivity index (χ3v) is 9.03. The summed E-state index contributed by atoms with van der Waals surface area (Å²) in [5.74, 6) is -1.10. The Balaban J connectivity index is 1.75. The monoisotopic (exact) mass is 583 g/mol. The first-order chi connectivity index (χ1) is 17.9. The van der Waals surface area contributed by atoms with Crippen molar-refractivity contribution in [1.82, 2.24) is 24.2 Å². The number of hydrogen-bond acceptors (Lipinski definition) is 6. The Morgan fingerprint density at radius 1 is 1.13 bits per heavy atom. The van der Waals surface area contributed by atoms with E-state index < -0.39 is 34.0 Å². The van der Waals surface area contributed by atoms with Crippen LogP contribution in [0, 0.1) is 0 Å². The number of aliphatic hydroxyl groups excluding tert-OH is 1. The van der Waals surface area contributed by atoms with E-state index in [2.05, 4.69) is 10.6 Å². The smallest absolute Gasteiger partial charge is 0.335 e. The summed E-state index contributed by atoms with van der Waals surface area (Å²) in [7, 11) is -1.16. The number of halogens is 2. The maximum absolute atomic E-state index is 13.0. The highest BCUT2D eigenvalue weighted by Gasteiger charge is 2.43. The van der Waals surface area contributed by atoms with Crippen molar-refractivity contribution in [3.63, 3.8) is 0 Å². The summed E-state index contributed by atoms with van der Waals surface area (Å²) in [6.07, 6.45) is -0.471. The molecule has 0 spiro atoms. The van der Waals surface area contributed by atoms with Gasteiger partial charge in [0.15, 0.2) is 0 Å². The Morgan fingerprint density at radius 3 is 2.45 bits per heavy atom. The van der Waals surface area contributed by atoms with Crippen LogP contribution < -0.4 is 15.4 Å². The number of carbonyl (C=O) groups excluding carboxylic acids is 1. The van der Waals surface area contributed by atoms with E-state index in [1.807, 2.05) is 4.72 Å². The van der Waals surface area contributed by atoms with Gasteiger partial charge in [0.2, 0.25) is 0 Å². The third-order valence-electron chi connectivity index (χ3n) is 6.77. The highest BCUT2D eigenvalue weighted by molar-refractivity contribution is 7.87. The number of fused-ring (bicyclic) bond motifs is 1. The van der Waals surface area contributed by atoms with Crippen LogP contribution in [0.3, 0.4) is 0 Å². The van der Waals surface area contributed by atoms with Crippen molar-refractivity contribution in [2.45, 2.75) is 24.6 Å². The third kappa shape index (κ3) is 5.33. The van der Waals surface area contributed by atoms with Crippen LogP contribution >= 0.6 is 23.2 Å². The summed E-state index contributed by atoms with van der Waals surface area (Å²) < 4.78 is 30.8. The van der Waals surface area contributed by atoms with Crippen molar-refractivity contribution in [3.05, 3.63) is 69.3 Å². The number of rotatable bonds is 7. The summed E-state index contributed by atoms with van der Waals surface area (Å²) in [5, 5.41) is 27.5. The van der Waals surface area contributed by atoms with Crippen molar-refractivity contribution in [1.29, 1.82) is 0 Å². The van der Waals surface area contributed by atoms with Crippen LogP contribution in [0.1, 0.15) is 40.7 Å². The van der Waals surface area contributed by atoms with Gasteiger partial charge in [-0.2, -0.15) is 12.7 Å². The average Bonchev–Trinajstić information content (AvgIpc) is 3.23. The molecule has 11 nitrogen and oxygen atoms in total. The number of piperidine rings is 1. The maximum atomic E-state index is 13.0. The molecule has 3 aromatic rings. The van der Waals surface area contributed by atoms with Crippen LogP contribution in [-0.4, -0.2) is 59.6 Å². The summed E-state index contributed by atoms with van der Waals surface area (Å²) in [6, 6.07) is 10.3. The van der Waals surface area contributed by atoms with Gasteiger partial charge in [0, 0.05) is 38.1 Å². The number of carboxylic acids is 1. The second kappa shape index (κ2) is 10.7. The number of aromatic nitrogens is 1. The molecule has 0 bridgehead atoms. The Labute approximate surface area is 229 Å². The van der Waals surface area contributed by atoms with Gasteiger partial charge in [-0.25, -0.2) is 14.3 Å². The summed E-state index contributed by atoms with van der Waals surface area (Å²) in [6.45, 7) is 0.000538. The van der Waals surface area contributed by atoms with Crippen molar-refractivity contribution < 1.29 is 28.2 Å². The lowest BCUT2D eigenvalue weighted by atomic mass is 9.82. The van der Waals surface area contributed by atoms with Gasteiger partial charge in [-0.1, -0.05) is 35.3 Å². The lowest BCUT2D eigenvalue weighted by molar-refractivity contribution is 0.0567. The minimum atomic E-state index is -4.22. The van der Waals surface area contributed by atoms with E-state index in [0.29, 0.717) is 39.5 Å². The van der Waals surface area contributed by atoms with Crippen LogP contribution in [0.25, 0.3) is 10.9 Å². The van der Waals surface area contributed by atoms with Gasteiger partial charge >= 0.3 is 22.2 Å². The molecule has 1 aliphatic heterocycles. The van der Waals surface area contributed by atoms with Gasteiger partial charge in [0.25, 0.3) is 0 Å². The molecule has 0 aliphatic carbocycles. The predicted octanol–water partition coefficient (Wildman–Crippen LogP) is 2.93. The van der Waals surface area contributed by atoms with Crippen LogP contribution in [-0.2, 0) is 22.8 Å². The number of carbonyl (C=O) groups is 2. The minimum Gasteiger partial charge on any atom is -0.478 e. The molecule has 2 unspecified atom stereocenters. The molecule has 2 heterocycles. The van der Waals surface area contributed by atoms with Gasteiger partial charge in [-0.05, 0) is 48.7 Å². The molecule has 14 heteroatoms. The van der Waals surface area contributed by atoms with Crippen LogP contribution in [0.15, 0.2) is 42.5 Å². The second-order valence-electron chi connectivity index (χ2n) is 9.06. The van der Waals surface area contributed by atoms with Gasteiger partial charge in [-0.3, -0.25) is 5.32 Å². The van der Waals surface area contributed by atoms with E-state index in [4.69, 9.17) is 23.2 Å². The summed E-state index contributed by atoms with van der Waals surface area (Å²) in [5.41, 5.74) is 0.684. The number of aryl methyl sites for hydroxylation is 1. The molecule has 0 saturated carbocycles. The van der Waals surface area contributed by atoms with Crippen molar-refractivity contribution >= 4 is 56.3 Å². The number of aromatic carboxylic acids is 1. The number of amides is 2. The first-order valence-electron chi connectivity index (χ1n) is 11.6. The fraction of sp³-hybridized carbons (Fsp3) is 0.333. The molecule has 2 atom stereocenters. The molecule has 5 N–H and O–H groups in total. The van der Waals surface area contributed by atoms with E-state index in [1.54, 1.807) is 41.9 Å². The fourth-order valence-corrected chi connectivity index (χ4v) is 6.39. The average molecular weight is 584 g/mol. The number of urea groups is 1. The Bertz CT molecular complexity index is 1490. The molecule has 2 aromatic carbocycles. The largest absolute Gasteiger partial charge is 0.478 e. The summed E-state index contributed by atoms with van der Waals surface area (Å²) in [4.78, 5) is 23.2. The molecule has 1 aliphatic rings. The zero-order valence-corrected chi connectivity index (χ0v) is 22.9. The van der Waals surface area contributed by atoms with E-state index in [0.717, 1.165) is 9.82 Å². The second-order valence-corrected chi connectivity index (χ2v) is 11.5. The van der Waals surface area contributed by atoms with E-state index in [-0.39, 0.29) is 18.7 Å². The van der Waals surface area contributed by atoms with E-state index >= 15 is 0 Å². The lowest BCUT2D eigenvalue weighted by Crippen LogP contribution is -2.59.